The van der Waals surface area contributed by atoms with Crippen LogP contribution in [0.5, 0.6) is 0 Å². The minimum Gasteiger partial charge on any atom is -0.379 e. The monoisotopic (exact) mass is 367 g/mol. The van der Waals surface area contributed by atoms with Crippen molar-refractivity contribution >= 4 is 17.4 Å². The minimum atomic E-state index is -1.86. The standard InChI is InChI=1S/C20H21N3O4/c24-18(15-5-7-21-8-6-15)13-20(26)16-3-1-2-4-17(16)23(19(20)25)14-22-9-11-27-12-10-22/h1-8,26H,9-14H2/t20-/m1/s1. The maximum absolute atomic E-state index is 13.2. The van der Waals surface area contributed by atoms with Gasteiger partial charge in [-0.3, -0.25) is 24.4 Å². The highest BCUT2D eigenvalue weighted by molar-refractivity contribution is 6.10. The molecule has 2 aromatic rings. The lowest BCUT2D eigenvalue weighted by Gasteiger charge is -2.31. The normalized spacial score (nSPS) is 22.7. The van der Waals surface area contributed by atoms with Gasteiger partial charge in [0.15, 0.2) is 11.4 Å². The van der Waals surface area contributed by atoms with E-state index in [-0.39, 0.29) is 12.2 Å². The van der Waals surface area contributed by atoms with Crippen LogP contribution in [-0.2, 0) is 15.1 Å². The van der Waals surface area contributed by atoms with Crippen LogP contribution in [0, 0.1) is 0 Å². The van der Waals surface area contributed by atoms with Crippen molar-refractivity contribution in [3.05, 3.63) is 59.9 Å². The number of aliphatic hydroxyl groups is 1. The number of nitrogens with zero attached hydrogens (tertiary/aromatic N) is 3. The Morgan fingerprint density at radius 2 is 1.85 bits per heavy atom. The molecule has 4 rings (SSSR count). The van der Waals surface area contributed by atoms with Crippen molar-refractivity contribution < 1.29 is 19.4 Å². The molecule has 3 heterocycles. The third kappa shape index (κ3) is 3.25. The summed E-state index contributed by atoms with van der Waals surface area (Å²) in [5.41, 5.74) is -0.302. The van der Waals surface area contributed by atoms with Crippen LogP contribution in [-0.4, -0.2) is 59.7 Å². The van der Waals surface area contributed by atoms with Gasteiger partial charge in [0, 0.05) is 36.6 Å². The number of hydrogen-bond acceptors (Lipinski definition) is 6. The number of morpholine rings is 1. The molecule has 0 radical (unpaired) electrons. The number of aromatic nitrogens is 1. The number of rotatable bonds is 5. The molecule has 0 unspecified atom stereocenters. The minimum absolute atomic E-state index is 0.295. The number of carbonyl (C=O) groups excluding carboxylic acids is 2. The first-order chi connectivity index (χ1) is 13.1. The summed E-state index contributed by atoms with van der Waals surface area (Å²) in [7, 11) is 0. The fraction of sp³-hybridized carbons (Fsp3) is 0.350. The molecule has 2 aliphatic heterocycles. The number of ketones is 1. The topological polar surface area (TPSA) is 83.0 Å². The highest BCUT2D eigenvalue weighted by atomic mass is 16.5. The zero-order valence-corrected chi connectivity index (χ0v) is 14.9. The van der Waals surface area contributed by atoms with E-state index < -0.39 is 11.5 Å². The van der Waals surface area contributed by atoms with Crippen molar-refractivity contribution in [2.24, 2.45) is 0 Å². The smallest absolute Gasteiger partial charge is 0.265 e. The van der Waals surface area contributed by atoms with E-state index in [0.717, 1.165) is 13.1 Å². The van der Waals surface area contributed by atoms with Gasteiger partial charge >= 0.3 is 0 Å². The third-order valence-electron chi connectivity index (χ3n) is 5.10. The van der Waals surface area contributed by atoms with E-state index >= 15 is 0 Å². The quantitative estimate of drug-likeness (QED) is 0.799. The molecule has 7 nitrogen and oxygen atoms in total. The molecule has 1 atom stereocenters. The molecule has 0 aliphatic carbocycles. The predicted molar refractivity (Wildman–Crippen MR) is 98.3 cm³/mol. The van der Waals surface area contributed by atoms with Crippen molar-refractivity contribution in [2.75, 3.05) is 37.9 Å². The predicted octanol–water partition coefficient (Wildman–Crippen LogP) is 1.18. The lowest BCUT2D eigenvalue weighted by molar-refractivity contribution is -0.136. The molecule has 1 saturated heterocycles. The summed E-state index contributed by atoms with van der Waals surface area (Å²) in [4.78, 5) is 33.4. The van der Waals surface area contributed by atoms with Crippen LogP contribution in [0.2, 0.25) is 0 Å². The second-order valence-electron chi connectivity index (χ2n) is 6.82. The van der Waals surface area contributed by atoms with Gasteiger partial charge < -0.3 is 9.84 Å². The van der Waals surface area contributed by atoms with Crippen molar-refractivity contribution in [3.63, 3.8) is 0 Å². The second-order valence-corrected chi connectivity index (χ2v) is 6.82. The number of Topliss-reactive ketones (excluding diaryl/α,β-unsaturated/α-hetero) is 1. The Morgan fingerprint density at radius 3 is 2.59 bits per heavy atom. The van der Waals surface area contributed by atoms with E-state index in [4.69, 9.17) is 4.74 Å². The van der Waals surface area contributed by atoms with Crippen molar-refractivity contribution in [3.8, 4) is 0 Å². The van der Waals surface area contributed by atoms with E-state index in [1.807, 2.05) is 12.1 Å². The number of hydrogen-bond donors (Lipinski definition) is 1. The number of benzene rings is 1. The maximum Gasteiger partial charge on any atom is 0.265 e. The first kappa shape index (κ1) is 17.8. The van der Waals surface area contributed by atoms with Crippen molar-refractivity contribution in [1.82, 2.24) is 9.88 Å². The Morgan fingerprint density at radius 1 is 1.15 bits per heavy atom. The molecule has 1 N–H and O–H groups in total. The van der Waals surface area contributed by atoms with Gasteiger partial charge in [-0.2, -0.15) is 0 Å². The molecule has 1 fully saturated rings. The number of carbonyl (C=O) groups is 2. The zero-order chi connectivity index (χ0) is 18.9. The fourth-order valence-corrected chi connectivity index (χ4v) is 3.63. The Balaban J connectivity index is 1.62. The van der Waals surface area contributed by atoms with Crippen LogP contribution >= 0.6 is 0 Å². The molecule has 27 heavy (non-hydrogen) atoms. The first-order valence-electron chi connectivity index (χ1n) is 8.97. The van der Waals surface area contributed by atoms with Gasteiger partial charge in [0.1, 0.15) is 0 Å². The Hall–Kier alpha value is -2.61. The molecule has 140 valence electrons. The molecular weight excluding hydrogens is 346 g/mol. The zero-order valence-electron chi connectivity index (χ0n) is 14.9. The van der Waals surface area contributed by atoms with Crippen LogP contribution in [0.3, 0.4) is 0 Å². The van der Waals surface area contributed by atoms with E-state index in [1.54, 1.807) is 29.2 Å². The number of fused-ring (bicyclic) bond motifs is 1. The van der Waals surface area contributed by atoms with E-state index in [9.17, 15) is 14.7 Å². The Bertz CT molecular complexity index is 851. The molecule has 0 bridgehead atoms. The highest BCUT2D eigenvalue weighted by Crippen LogP contribution is 2.42. The maximum atomic E-state index is 13.2. The van der Waals surface area contributed by atoms with Crippen LogP contribution in [0.4, 0.5) is 5.69 Å². The van der Waals surface area contributed by atoms with E-state index in [0.29, 0.717) is 36.7 Å². The van der Waals surface area contributed by atoms with Gasteiger partial charge in [0.2, 0.25) is 0 Å². The molecule has 0 spiro atoms. The molecule has 1 aromatic carbocycles. The molecular formula is C20H21N3O4. The van der Waals surface area contributed by atoms with Crippen molar-refractivity contribution in [2.45, 2.75) is 12.0 Å². The average molecular weight is 367 g/mol. The summed E-state index contributed by atoms with van der Waals surface area (Å²) >= 11 is 0. The van der Waals surface area contributed by atoms with Gasteiger partial charge in [-0.25, -0.2) is 0 Å². The Labute approximate surface area is 157 Å². The van der Waals surface area contributed by atoms with E-state index in [2.05, 4.69) is 9.88 Å². The van der Waals surface area contributed by atoms with Crippen LogP contribution in [0.1, 0.15) is 22.3 Å². The van der Waals surface area contributed by atoms with Crippen molar-refractivity contribution in [1.29, 1.82) is 0 Å². The van der Waals surface area contributed by atoms with Gasteiger partial charge in [0.05, 0.1) is 32.0 Å². The summed E-state index contributed by atoms with van der Waals surface area (Å²) in [6.07, 6.45) is 2.74. The third-order valence-corrected chi connectivity index (χ3v) is 5.10. The molecule has 0 saturated carbocycles. The second kappa shape index (κ2) is 7.19. The van der Waals surface area contributed by atoms with Gasteiger partial charge in [-0.1, -0.05) is 18.2 Å². The van der Waals surface area contributed by atoms with Crippen LogP contribution in [0.25, 0.3) is 0 Å². The molecule has 1 amide bonds. The first-order valence-corrected chi connectivity index (χ1v) is 8.97. The summed E-state index contributed by atoms with van der Waals surface area (Å²) in [6.45, 7) is 3.05. The summed E-state index contributed by atoms with van der Waals surface area (Å²) in [5.74, 6) is -0.756. The van der Waals surface area contributed by atoms with Gasteiger partial charge in [-0.15, -0.1) is 0 Å². The number of amides is 1. The SMILES string of the molecule is O=C(C[C@]1(O)C(=O)N(CN2CCOCC2)c2ccccc21)c1ccncc1. The average Bonchev–Trinajstić information content (AvgIpc) is 2.92. The molecule has 7 heteroatoms. The summed E-state index contributed by atoms with van der Waals surface area (Å²) < 4.78 is 5.36. The summed E-state index contributed by atoms with van der Waals surface area (Å²) in [6, 6.07) is 10.3. The fourth-order valence-electron chi connectivity index (χ4n) is 3.63. The largest absolute Gasteiger partial charge is 0.379 e. The highest BCUT2D eigenvalue weighted by Gasteiger charge is 2.51. The summed E-state index contributed by atoms with van der Waals surface area (Å²) in [5, 5.41) is 11.3. The lowest BCUT2D eigenvalue weighted by Crippen LogP contribution is -2.49. The van der Waals surface area contributed by atoms with Gasteiger partial charge in [0.25, 0.3) is 5.91 Å². The van der Waals surface area contributed by atoms with Crippen LogP contribution < -0.4 is 4.90 Å². The Kier molecular flexibility index (Phi) is 4.73. The van der Waals surface area contributed by atoms with Gasteiger partial charge in [-0.05, 0) is 18.2 Å². The van der Waals surface area contributed by atoms with Crippen LogP contribution in [0.15, 0.2) is 48.8 Å². The lowest BCUT2D eigenvalue weighted by atomic mass is 9.88. The number of para-hydroxylation sites is 1. The number of ether oxygens (including phenoxy) is 1. The number of pyridine rings is 1. The molecule has 1 aromatic heterocycles. The van der Waals surface area contributed by atoms with E-state index in [1.165, 1.54) is 12.4 Å². The number of anilines is 1. The molecule has 2 aliphatic rings.